The Kier molecular flexibility index (Phi) is 8.66. The maximum absolute atomic E-state index is 12.7. The van der Waals surface area contributed by atoms with Crippen LogP contribution in [0.2, 0.25) is 0 Å². The molecule has 0 N–H and O–H groups in total. The minimum Gasteiger partial charge on any atom is -0.494 e. The van der Waals surface area contributed by atoms with Gasteiger partial charge in [0.25, 0.3) is 5.91 Å². The molecule has 0 aliphatic carbocycles. The third-order valence-electron chi connectivity index (χ3n) is 4.59. The van der Waals surface area contributed by atoms with Gasteiger partial charge < -0.3 is 4.74 Å². The number of benzene rings is 2. The Bertz CT molecular complexity index is 909. The molecular formula is C24H26N2O2S2. The van der Waals surface area contributed by atoms with Crippen LogP contribution in [0.15, 0.2) is 64.6 Å². The molecule has 0 spiro atoms. The van der Waals surface area contributed by atoms with E-state index in [1.54, 1.807) is 6.21 Å². The molecule has 1 amide bonds. The Balaban J connectivity index is 1.55. The number of thiocarbonyl (C=S) groups is 1. The highest BCUT2D eigenvalue weighted by atomic mass is 32.2. The van der Waals surface area contributed by atoms with E-state index in [1.807, 2.05) is 60.7 Å². The lowest BCUT2D eigenvalue weighted by Crippen LogP contribution is -2.22. The fourth-order valence-electron chi connectivity index (χ4n) is 2.93. The van der Waals surface area contributed by atoms with Crippen molar-refractivity contribution in [2.45, 2.75) is 39.0 Å². The third kappa shape index (κ3) is 6.54. The van der Waals surface area contributed by atoms with Crippen LogP contribution < -0.4 is 4.74 Å². The van der Waals surface area contributed by atoms with Crippen LogP contribution in [-0.2, 0) is 4.79 Å². The fraction of sp³-hybridized carbons (Fsp3) is 0.292. The van der Waals surface area contributed by atoms with E-state index in [0.717, 1.165) is 29.9 Å². The Morgan fingerprint density at radius 1 is 1.00 bits per heavy atom. The van der Waals surface area contributed by atoms with Gasteiger partial charge in [0, 0.05) is 0 Å². The van der Waals surface area contributed by atoms with E-state index in [-0.39, 0.29) is 5.91 Å². The van der Waals surface area contributed by atoms with Crippen LogP contribution >= 0.6 is 24.0 Å². The van der Waals surface area contributed by atoms with E-state index in [1.165, 1.54) is 42.5 Å². The number of carbonyl (C=O) groups excluding carboxylic acids is 1. The molecule has 1 heterocycles. The average Bonchev–Trinajstić information content (AvgIpc) is 3.03. The quantitative estimate of drug-likeness (QED) is 0.190. The van der Waals surface area contributed by atoms with Gasteiger partial charge in [0.2, 0.25) is 0 Å². The Labute approximate surface area is 188 Å². The Morgan fingerprint density at radius 3 is 2.47 bits per heavy atom. The summed E-state index contributed by atoms with van der Waals surface area (Å²) in [5.41, 5.74) is 1.84. The van der Waals surface area contributed by atoms with Crippen molar-refractivity contribution in [1.29, 1.82) is 0 Å². The summed E-state index contributed by atoms with van der Waals surface area (Å²) in [7, 11) is 0. The van der Waals surface area contributed by atoms with Crippen LogP contribution in [0.4, 0.5) is 0 Å². The first-order valence-electron chi connectivity index (χ1n) is 10.3. The summed E-state index contributed by atoms with van der Waals surface area (Å²) in [4.78, 5) is 13.2. The largest absolute Gasteiger partial charge is 0.494 e. The maximum Gasteiger partial charge on any atom is 0.286 e. The molecule has 1 fully saturated rings. The first-order chi connectivity index (χ1) is 14.7. The van der Waals surface area contributed by atoms with E-state index < -0.39 is 0 Å². The normalized spacial score (nSPS) is 15.5. The van der Waals surface area contributed by atoms with Crippen molar-refractivity contribution in [2.75, 3.05) is 6.61 Å². The highest BCUT2D eigenvalue weighted by Gasteiger charge is 2.31. The van der Waals surface area contributed by atoms with Crippen molar-refractivity contribution < 1.29 is 9.53 Å². The van der Waals surface area contributed by atoms with Crippen LogP contribution in [0.25, 0.3) is 6.08 Å². The topological polar surface area (TPSA) is 41.9 Å². The minimum atomic E-state index is -0.204. The Hall–Kier alpha value is -2.44. The van der Waals surface area contributed by atoms with E-state index >= 15 is 0 Å². The fourth-order valence-corrected chi connectivity index (χ4v) is 4.10. The SMILES string of the molecule is CCCCCCCOc1ccc(C=C2SC(=S)N(N=Cc3ccccc3)C2=O)cc1. The minimum absolute atomic E-state index is 0.204. The van der Waals surface area contributed by atoms with Crippen molar-refractivity contribution >= 4 is 46.5 Å². The summed E-state index contributed by atoms with van der Waals surface area (Å²) < 4.78 is 6.23. The number of unbranched alkanes of at least 4 members (excludes halogenated alkanes) is 4. The zero-order chi connectivity index (χ0) is 21.2. The standard InChI is InChI=1S/C24H26N2O2S2/c1-2-3-4-5-9-16-28-21-14-12-19(13-15-21)17-22-23(27)26(24(29)30-22)25-18-20-10-7-6-8-11-20/h6-8,10-15,17-18H,2-5,9,16H2,1H3. The summed E-state index contributed by atoms with van der Waals surface area (Å²) >= 11 is 6.59. The summed E-state index contributed by atoms with van der Waals surface area (Å²) in [6, 6.07) is 17.4. The summed E-state index contributed by atoms with van der Waals surface area (Å²) in [5, 5.41) is 5.53. The molecule has 4 nitrogen and oxygen atoms in total. The molecular weight excluding hydrogens is 412 g/mol. The van der Waals surface area contributed by atoms with Gasteiger partial charge in [0.15, 0.2) is 4.32 Å². The van der Waals surface area contributed by atoms with E-state index in [2.05, 4.69) is 12.0 Å². The molecule has 1 aliphatic rings. The predicted molar refractivity (Wildman–Crippen MR) is 130 cm³/mol. The van der Waals surface area contributed by atoms with Crippen molar-refractivity contribution in [1.82, 2.24) is 5.01 Å². The molecule has 1 aliphatic heterocycles. The second-order valence-corrected chi connectivity index (χ2v) is 8.66. The first-order valence-corrected chi connectivity index (χ1v) is 11.5. The zero-order valence-electron chi connectivity index (χ0n) is 17.1. The van der Waals surface area contributed by atoms with E-state index in [0.29, 0.717) is 9.23 Å². The van der Waals surface area contributed by atoms with Gasteiger partial charge in [0.1, 0.15) is 5.75 Å². The number of hydrogen-bond donors (Lipinski definition) is 0. The molecule has 1 saturated heterocycles. The lowest BCUT2D eigenvalue weighted by Gasteiger charge is -2.07. The van der Waals surface area contributed by atoms with Crippen molar-refractivity contribution in [3.63, 3.8) is 0 Å². The highest BCUT2D eigenvalue weighted by molar-refractivity contribution is 8.26. The molecule has 156 valence electrons. The van der Waals surface area contributed by atoms with Crippen LogP contribution in [-0.4, -0.2) is 28.1 Å². The van der Waals surface area contributed by atoms with Crippen molar-refractivity contribution in [2.24, 2.45) is 5.10 Å². The molecule has 2 aromatic rings. The monoisotopic (exact) mass is 438 g/mol. The van der Waals surface area contributed by atoms with Gasteiger partial charge in [-0.15, -0.1) is 0 Å². The summed E-state index contributed by atoms with van der Waals surface area (Å²) in [6.07, 6.45) is 9.58. The molecule has 0 bridgehead atoms. The molecule has 0 aromatic heterocycles. The van der Waals surface area contributed by atoms with E-state index in [4.69, 9.17) is 17.0 Å². The number of amides is 1. The molecule has 0 unspecified atom stereocenters. The lowest BCUT2D eigenvalue weighted by molar-refractivity contribution is -0.122. The molecule has 30 heavy (non-hydrogen) atoms. The molecule has 2 aromatic carbocycles. The number of carbonyl (C=O) groups is 1. The number of ether oxygens (including phenoxy) is 1. The summed E-state index contributed by atoms with van der Waals surface area (Å²) in [6.45, 7) is 2.95. The maximum atomic E-state index is 12.7. The van der Waals surface area contributed by atoms with Crippen molar-refractivity contribution in [3.8, 4) is 5.75 Å². The average molecular weight is 439 g/mol. The lowest BCUT2D eigenvalue weighted by atomic mass is 10.2. The highest BCUT2D eigenvalue weighted by Crippen LogP contribution is 2.33. The third-order valence-corrected chi connectivity index (χ3v) is 5.87. The molecule has 3 rings (SSSR count). The zero-order valence-corrected chi connectivity index (χ0v) is 18.8. The van der Waals surface area contributed by atoms with Gasteiger partial charge in [-0.3, -0.25) is 4.79 Å². The number of rotatable bonds is 10. The van der Waals surface area contributed by atoms with Crippen LogP contribution in [0, 0.1) is 0 Å². The number of hydrazone groups is 1. The summed E-state index contributed by atoms with van der Waals surface area (Å²) in [5.74, 6) is 0.646. The van der Waals surface area contributed by atoms with Gasteiger partial charge in [-0.25, -0.2) is 0 Å². The number of thioether (sulfide) groups is 1. The van der Waals surface area contributed by atoms with Gasteiger partial charge in [-0.1, -0.05) is 86.8 Å². The van der Waals surface area contributed by atoms with Gasteiger partial charge in [-0.2, -0.15) is 10.1 Å². The van der Waals surface area contributed by atoms with Crippen LogP contribution in [0.1, 0.15) is 50.2 Å². The molecule has 0 radical (unpaired) electrons. The Morgan fingerprint density at radius 2 is 1.73 bits per heavy atom. The van der Waals surface area contributed by atoms with Gasteiger partial charge in [-0.05, 0) is 48.0 Å². The number of hydrogen-bond acceptors (Lipinski definition) is 5. The number of nitrogens with zero attached hydrogens (tertiary/aromatic N) is 2. The molecule has 0 atom stereocenters. The van der Waals surface area contributed by atoms with Crippen LogP contribution in [0.5, 0.6) is 5.75 Å². The molecule has 6 heteroatoms. The van der Waals surface area contributed by atoms with E-state index in [9.17, 15) is 4.79 Å². The van der Waals surface area contributed by atoms with Gasteiger partial charge >= 0.3 is 0 Å². The first kappa shape index (κ1) is 22.2. The smallest absolute Gasteiger partial charge is 0.286 e. The van der Waals surface area contributed by atoms with Crippen molar-refractivity contribution in [3.05, 3.63) is 70.6 Å². The van der Waals surface area contributed by atoms with Crippen LogP contribution in [0.3, 0.4) is 0 Å². The molecule has 0 saturated carbocycles. The predicted octanol–water partition coefficient (Wildman–Crippen LogP) is 6.27. The van der Waals surface area contributed by atoms with Gasteiger partial charge in [0.05, 0.1) is 17.7 Å². The second-order valence-electron chi connectivity index (χ2n) is 6.98. The second kappa shape index (κ2) is 11.7.